The molecule has 0 aliphatic carbocycles. The molecule has 164 valence electrons. The van der Waals surface area contributed by atoms with Gasteiger partial charge in [0, 0.05) is 38.5 Å². The first-order valence-electron chi connectivity index (χ1n) is 8.57. The second kappa shape index (κ2) is 12.2. The third-order valence-corrected chi connectivity index (χ3v) is 3.70. The third-order valence-electron chi connectivity index (χ3n) is 3.70. The van der Waals surface area contributed by atoms with Gasteiger partial charge in [-0.05, 0) is 12.5 Å². The van der Waals surface area contributed by atoms with E-state index in [1.807, 2.05) is 5.32 Å². The van der Waals surface area contributed by atoms with E-state index in [0.29, 0.717) is 25.1 Å². The summed E-state index contributed by atoms with van der Waals surface area (Å²) in [6.07, 6.45) is -1.87. The molecule has 0 spiro atoms. The number of nitriles is 1. The number of nitrogens with zero attached hydrogens (tertiary/aromatic N) is 4. The van der Waals surface area contributed by atoms with Gasteiger partial charge >= 0.3 is 6.18 Å². The first kappa shape index (κ1) is 24.6. The summed E-state index contributed by atoms with van der Waals surface area (Å²) in [6.45, 7) is 1.77. The second-order valence-electron chi connectivity index (χ2n) is 5.81. The minimum Gasteiger partial charge on any atom is -0.381 e. The maximum atomic E-state index is 12.5. The van der Waals surface area contributed by atoms with Crippen LogP contribution in [-0.2, 0) is 10.9 Å². The van der Waals surface area contributed by atoms with E-state index in [2.05, 4.69) is 20.7 Å². The van der Waals surface area contributed by atoms with E-state index in [4.69, 9.17) is 10.00 Å². The zero-order valence-electron chi connectivity index (χ0n) is 15.9. The van der Waals surface area contributed by atoms with Crippen molar-refractivity contribution in [3.8, 4) is 6.07 Å². The highest BCUT2D eigenvalue weighted by atomic mass is 19.4. The molecule has 14 heteroatoms. The number of amides is 1. The van der Waals surface area contributed by atoms with Crippen molar-refractivity contribution in [2.45, 2.75) is 12.6 Å². The molecule has 1 aromatic heterocycles. The van der Waals surface area contributed by atoms with Gasteiger partial charge in [0.05, 0.1) is 23.8 Å². The van der Waals surface area contributed by atoms with Crippen LogP contribution < -0.4 is 16.0 Å². The van der Waals surface area contributed by atoms with E-state index in [9.17, 15) is 28.1 Å². The summed E-state index contributed by atoms with van der Waals surface area (Å²) in [4.78, 5) is 24.8. The Kier molecular flexibility index (Phi) is 9.97. The van der Waals surface area contributed by atoms with Gasteiger partial charge in [0.1, 0.15) is 11.6 Å². The smallest absolute Gasteiger partial charge is 0.381 e. The van der Waals surface area contributed by atoms with Crippen LogP contribution in [0.3, 0.4) is 0 Å². The topological polar surface area (TPSA) is 155 Å². The van der Waals surface area contributed by atoms with Gasteiger partial charge in [0.25, 0.3) is 11.9 Å². The van der Waals surface area contributed by atoms with Crippen LogP contribution in [0.4, 0.5) is 13.2 Å². The van der Waals surface area contributed by atoms with Crippen LogP contribution in [0, 0.1) is 27.4 Å². The van der Waals surface area contributed by atoms with Crippen molar-refractivity contribution in [1.82, 2.24) is 20.9 Å². The van der Waals surface area contributed by atoms with Gasteiger partial charge in [-0.25, -0.2) is 10.1 Å². The third kappa shape index (κ3) is 8.69. The van der Waals surface area contributed by atoms with Crippen LogP contribution in [0.2, 0.25) is 0 Å². The number of alkyl halides is 3. The van der Waals surface area contributed by atoms with E-state index >= 15 is 0 Å². The maximum Gasteiger partial charge on any atom is 0.417 e. The maximum absolute atomic E-state index is 12.5. The van der Waals surface area contributed by atoms with Crippen molar-refractivity contribution in [3.05, 3.63) is 39.7 Å². The zero-order chi connectivity index (χ0) is 22.6. The lowest BCUT2D eigenvalue weighted by atomic mass is 10.1. The van der Waals surface area contributed by atoms with Crippen molar-refractivity contribution in [3.63, 3.8) is 0 Å². The molecular formula is C16H20F3N7O4. The van der Waals surface area contributed by atoms with Gasteiger partial charge < -0.3 is 20.7 Å². The lowest BCUT2D eigenvalue weighted by Crippen LogP contribution is -2.38. The van der Waals surface area contributed by atoms with Crippen LogP contribution in [0.1, 0.15) is 22.3 Å². The van der Waals surface area contributed by atoms with Crippen LogP contribution in [0.25, 0.3) is 0 Å². The summed E-state index contributed by atoms with van der Waals surface area (Å²) in [6, 6.07) is 2.30. The number of rotatable bonds is 5. The van der Waals surface area contributed by atoms with Crippen molar-refractivity contribution >= 4 is 11.9 Å². The Morgan fingerprint density at radius 1 is 1.50 bits per heavy atom. The standard InChI is InChI=1S/C9H6F3N3O.C7H14N4O3/c10-9(11,12)7-1-3-14-5-6(7)8(16)15-4-2-13;1-8-7(10-11(12)13)9-4-6-2-3-14-5-6/h1,3,5H,4H2,(H,15,16);6H,2-5H2,1H3,(H2,8,9,10). The lowest BCUT2D eigenvalue weighted by Gasteiger charge is -2.10. The van der Waals surface area contributed by atoms with Gasteiger partial charge in [-0.2, -0.15) is 18.4 Å². The number of nitrogens with one attached hydrogen (secondary N) is 3. The van der Waals surface area contributed by atoms with Crippen LogP contribution >= 0.6 is 0 Å². The average Bonchev–Trinajstić information content (AvgIpc) is 3.22. The Balaban J connectivity index is 0.000000303. The van der Waals surface area contributed by atoms with E-state index in [-0.39, 0.29) is 12.5 Å². The van der Waals surface area contributed by atoms with Crippen molar-refractivity contribution in [2.24, 2.45) is 11.0 Å². The highest BCUT2D eigenvalue weighted by molar-refractivity contribution is 5.95. The van der Waals surface area contributed by atoms with E-state index < -0.39 is 28.2 Å². The summed E-state index contributed by atoms with van der Waals surface area (Å²) in [5.74, 6) is -0.371. The van der Waals surface area contributed by atoms with Crippen molar-refractivity contribution < 1.29 is 27.7 Å². The fourth-order valence-corrected chi connectivity index (χ4v) is 2.28. The monoisotopic (exact) mass is 431 g/mol. The second-order valence-corrected chi connectivity index (χ2v) is 5.81. The molecule has 1 aromatic rings. The number of ether oxygens (including phenoxy) is 1. The van der Waals surface area contributed by atoms with Gasteiger partial charge in [-0.3, -0.25) is 9.78 Å². The summed E-state index contributed by atoms with van der Waals surface area (Å²) in [5.41, 5.74) is -1.66. The Hall–Kier alpha value is -3.47. The van der Waals surface area contributed by atoms with E-state index in [1.165, 1.54) is 0 Å². The summed E-state index contributed by atoms with van der Waals surface area (Å²) < 4.78 is 42.5. The molecule has 1 saturated heterocycles. The molecule has 0 saturated carbocycles. The molecule has 2 heterocycles. The molecule has 1 atom stereocenters. The fraction of sp³-hybridized carbons (Fsp3) is 0.500. The number of halogens is 3. The predicted octanol–water partition coefficient (Wildman–Crippen LogP) is 0.733. The fourth-order valence-electron chi connectivity index (χ4n) is 2.28. The number of carbonyl (C=O) groups excluding carboxylic acids is 1. The highest BCUT2D eigenvalue weighted by Gasteiger charge is 2.35. The zero-order valence-corrected chi connectivity index (χ0v) is 15.9. The largest absolute Gasteiger partial charge is 0.417 e. The molecule has 1 unspecified atom stereocenters. The molecule has 11 nitrogen and oxygen atoms in total. The molecule has 0 radical (unpaired) electrons. The quantitative estimate of drug-likeness (QED) is 0.203. The normalized spacial score (nSPS) is 16.0. The minimum atomic E-state index is -4.62. The minimum absolute atomic E-state index is 0.182. The molecule has 1 aliphatic rings. The molecule has 0 bridgehead atoms. The summed E-state index contributed by atoms with van der Waals surface area (Å²) in [5, 5.41) is 28.2. The van der Waals surface area contributed by atoms with Crippen LogP contribution in [-0.4, -0.2) is 55.2 Å². The SMILES string of the molecule is CN/C(=N/[N+](=O)[O-])NCC1CCOC1.N#CCNC(=O)c1cnccc1C(F)(F)F. The molecule has 30 heavy (non-hydrogen) atoms. The average molecular weight is 431 g/mol. The number of hydrogen-bond donors (Lipinski definition) is 3. The van der Waals surface area contributed by atoms with Crippen molar-refractivity contribution in [2.75, 3.05) is 33.4 Å². The van der Waals surface area contributed by atoms with E-state index in [1.54, 1.807) is 13.1 Å². The number of aromatic nitrogens is 1. The predicted molar refractivity (Wildman–Crippen MR) is 97.6 cm³/mol. The molecule has 3 N–H and O–H groups in total. The first-order chi connectivity index (χ1) is 14.2. The number of hydrogen-bond acceptors (Lipinski definition) is 6. The molecule has 1 fully saturated rings. The number of guanidine groups is 1. The van der Waals surface area contributed by atoms with Gasteiger partial charge in [0.15, 0.2) is 5.03 Å². The van der Waals surface area contributed by atoms with E-state index in [0.717, 1.165) is 25.4 Å². The number of carbonyl (C=O) groups is 1. The molecule has 1 amide bonds. The lowest BCUT2D eigenvalue weighted by molar-refractivity contribution is -0.485. The molecule has 1 aliphatic heterocycles. The summed E-state index contributed by atoms with van der Waals surface area (Å²) >= 11 is 0. The van der Waals surface area contributed by atoms with Crippen LogP contribution in [0.5, 0.6) is 0 Å². The first-order valence-corrected chi connectivity index (χ1v) is 8.57. The Labute approximate surface area is 169 Å². The number of pyridine rings is 1. The summed E-state index contributed by atoms with van der Waals surface area (Å²) in [7, 11) is 1.58. The van der Waals surface area contributed by atoms with Crippen LogP contribution in [0.15, 0.2) is 23.6 Å². The molecular weight excluding hydrogens is 411 g/mol. The Morgan fingerprint density at radius 2 is 2.23 bits per heavy atom. The number of hydrazone groups is 1. The molecule has 2 rings (SSSR count). The Morgan fingerprint density at radius 3 is 2.77 bits per heavy atom. The molecule has 0 aromatic carbocycles. The van der Waals surface area contributed by atoms with Gasteiger partial charge in [0.2, 0.25) is 0 Å². The number of nitro groups is 1. The van der Waals surface area contributed by atoms with Gasteiger partial charge in [-0.1, -0.05) is 0 Å². The Bertz CT molecular complexity index is 790. The van der Waals surface area contributed by atoms with Crippen molar-refractivity contribution in [1.29, 1.82) is 5.26 Å². The van der Waals surface area contributed by atoms with Gasteiger partial charge in [-0.15, -0.1) is 0 Å². The highest BCUT2D eigenvalue weighted by Crippen LogP contribution is 2.31.